The normalized spacial score (nSPS) is 18.2. The van der Waals surface area contributed by atoms with Gasteiger partial charge >= 0.3 is 0 Å². The van der Waals surface area contributed by atoms with Crippen molar-refractivity contribution in [1.29, 1.82) is 0 Å². The van der Waals surface area contributed by atoms with Crippen LogP contribution < -0.4 is 10.6 Å². The van der Waals surface area contributed by atoms with Crippen molar-refractivity contribution in [2.75, 3.05) is 31.5 Å². The molecule has 1 saturated heterocycles. The van der Waals surface area contributed by atoms with Crippen molar-refractivity contribution in [2.24, 2.45) is 0 Å². The molecule has 0 aromatic heterocycles. The molecule has 6 heteroatoms. The number of nitrogens with one attached hydrogen (secondary N) is 2. The number of hydrogen-bond acceptors (Lipinski definition) is 3. The Morgan fingerprint density at radius 1 is 1.43 bits per heavy atom. The highest BCUT2D eigenvalue weighted by Gasteiger charge is 2.24. The summed E-state index contributed by atoms with van der Waals surface area (Å²) in [4.78, 5) is 14.1. The van der Waals surface area contributed by atoms with Gasteiger partial charge in [-0.15, -0.1) is 0 Å². The smallest absolute Gasteiger partial charge is 0.238 e. The van der Waals surface area contributed by atoms with Gasteiger partial charge in [0.05, 0.1) is 6.54 Å². The predicted molar refractivity (Wildman–Crippen MR) is 78.1 cm³/mol. The molecule has 1 fully saturated rings. The lowest BCUT2D eigenvalue weighted by Gasteiger charge is -2.27. The molecular weight excluding hydrogens is 276 g/mol. The second kappa shape index (κ2) is 7.47. The van der Waals surface area contributed by atoms with Crippen LogP contribution in [0.15, 0.2) is 18.2 Å². The number of para-hydroxylation sites is 1. The number of anilines is 1. The summed E-state index contributed by atoms with van der Waals surface area (Å²) < 4.78 is 27.0. The minimum atomic E-state index is -0.757. The summed E-state index contributed by atoms with van der Waals surface area (Å²) in [7, 11) is 0. The second-order valence-electron chi connectivity index (χ2n) is 5.26. The van der Waals surface area contributed by atoms with Gasteiger partial charge < -0.3 is 10.6 Å². The molecule has 0 aliphatic carbocycles. The molecule has 1 amide bonds. The molecule has 0 bridgehead atoms. The summed E-state index contributed by atoms with van der Waals surface area (Å²) >= 11 is 0. The number of halogens is 2. The van der Waals surface area contributed by atoms with E-state index in [0.29, 0.717) is 6.04 Å². The summed E-state index contributed by atoms with van der Waals surface area (Å²) in [5.41, 5.74) is -0.372. The lowest BCUT2D eigenvalue weighted by molar-refractivity contribution is -0.117. The zero-order valence-electron chi connectivity index (χ0n) is 12.2. The lowest BCUT2D eigenvalue weighted by atomic mass is 10.2. The number of rotatable bonds is 6. The van der Waals surface area contributed by atoms with Crippen molar-refractivity contribution in [2.45, 2.75) is 25.8 Å². The highest BCUT2D eigenvalue weighted by Crippen LogP contribution is 2.18. The van der Waals surface area contributed by atoms with Gasteiger partial charge in [-0.1, -0.05) is 13.0 Å². The quantitative estimate of drug-likeness (QED) is 0.844. The van der Waals surface area contributed by atoms with E-state index in [9.17, 15) is 13.6 Å². The molecule has 21 heavy (non-hydrogen) atoms. The molecule has 4 nitrogen and oxygen atoms in total. The van der Waals surface area contributed by atoms with Crippen LogP contribution in [0.3, 0.4) is 0 Å². The first kappa shape index (κ1) is 15.9. The number of hydrogen-bond donors (Lipinski definition) is 2. The largest absolute Gasteiger partial charge is 0.320 e. The van der Waals surface area contributed by atoms with Gasteiger partial charge in [-0.2, -0.15) is 0 Å². The molecule has 1 aromatic carbocycles. The summed E-state index contributed by atoms with van der Waals surface area (Å²) in [6.07, 6.45) is 1.92. The molecule has 2 N–H and O–H groups in total. The van der Waals surface area contributed by atoms with E-state index in [2.05, 4.69) is 15.5 Å². The third-order valence-electron chi connectivity index (χ3n) is 3.64. The zero-order chi connectivity index (χ0) is 15.2. The molecular formula is C15H21F2N3O. The molecule has 1 heterocycles. The summed E-state index contributed by atoms with van der Waals surface area (Å²) in [5, 5.41) is 5.60. The van der Waals surface area contributed by atoms with E-state index in [1.54, 1.807) is 0 Å². The minimum Gasteiger partial charge on any atom is -0.320 e. The molecule has 1 unspecified atom stereocenters. The highest BCUT2D eigenvalue weighted by molar-refractivity contribution is 5.92. The third kappa shape index (κ3) is 4.22. The van der Waals surface area contributed by atoms with E-state index < -0.39 is 11.6 Å². The zero-order valence-corrected chi connectivity index (χ0v) is 12.2. The van der Waals surface area contributed by atoms with E-state index >= 15 is 0 Å². The molecule has 1 aliphatic heterocycles. The summed E-state index contributed by atoms with van der Waals surface area (Å²) in [6, 6.07) is 3.84. The van der Waals surface area contributed by atoms with Crippen molar-refractivity contribution < 1.29 is 13.6 Å². The van der Waals surface area contributed by atoms with E-state index in [1.165, 1.54) is 6.07 Å². The Morgan fingerprint density at radius 3 is 2.71 bits per heavy atom. The average molecular weight is 297 g/mol. The van der Waals surface area contributed by atoms with Gasteiger partial charge in [-0.05, 0) is 38.1 Å². The fourth-order valence-electron chi connectivity index (χ4n) is 2.61. The number of carbonyl (C=O) groups excluding carboxylic acids is 1. The van der Waals surface area contributed by atoms with Gasteiger partial charge in [0, 0.05) is 12.6 Å². The maximum Gasteiger partial charge on any atom is 0.238 e. The molecule has 116 valence electrons. The van der Waals surface area contributed by atoms with Crippen LogP contribution in [-0.4, -0.2) is 43.0 Å². The lowest BCUT2D eigenvalue weighted by Crippen LogP contribution is -2.42. The van der Waals surface area contributed by atoms with Crippen molar-refractivity contribution in [3.05, 3.63) is 29.8 Å². The van der Waals surface area contributed by atoms with Crippen molar-refractivity contribution in [3.8, 4) is 0 Å². The molecule has 1 atom stereocenters. The second-order valence-corrected chi connectivity index (χ2v) is 5.26. The molecule has 0 radical (unpaired) electrons. The first-order valence-corrected chi connectivity index (χ1v) is 7.30. The van der Waals surface area contributed by atoms with E-state index in [4.69, 9.17) is 0 Å². The fourth-order valence-corrected chi connectivity index (χ4v) is 2.61. The maximum atomic E-state index is 13.5. The monoisotopic (exact) mass is 297 g/mol. The summed E-state index contributed by atoms with van der Waals surface area (Å²) in [5.74, 6) is -1.90. The van der Waals surface area contributed by atoms with Gasteiger partial charge in [0.1, 0.15) is 17.3 Å². The predicted octanol–water partition coefficient (Wildman–Crippen LogP) is 1.98. The van der Waals surface area contributed by atoms with Gasteiger partial charge in [0.2, 0.25) is 5.91 Å². The third-order valence-corrected chi connectivity index (χ3v) is 3.64. The number of amides is 1. The Balaban J connectivity index is 1.98. The maximum absolute atomic E-state index is 13.5. The van der Waals surface area contributed by atoms with Crippen LogP contribution in [0.1, 0.15) is 19.8 Å². The van der Waals surface area contributed by atoms with Gasteiger partial charge in [-0.3, -0.25) is 9.69 Å². The fraction of sp³-hybridized carbons (Fsp3) is 0.533. The van der Waals surface area contributed by atoms with E-state index in [0.717, 1.165) is 44.6 Å². The first-order chi connectivity index (χ1) is 10.1. The topological polar surface area (TPSA) is 44.4 Å². The standard InChI is InChI=1S/C15H21F2N3O/c1-2-8-20(11-6-7-18-9-11)10-14(21)19-15-12(16)4-3-5-13(15)17/h3-5,11,18H,2,6-10H2,1H3,(H,19,21). The Kier molecular flexibility index (Phi) is 5.64. The molecule has 2 rings (SSSR count). The van der Waals surface area contributed by atoms with Gasteiger partial charge in [0.25, 0.3) is 0 Å². The molecule has 0 spiro atoms. The number of benzene rings is 1. The van der Waals surface area contributed by atoms with E-state index in [1.807, 2.05) is 6.92 Å². The van der Waals surface area contributed by atoms with Crippen molar-refractivity contribution in [1.82, 2.24) is 10.2 Å². The highest BCUT2D eigenvalue weighted by atomic mass is 19.1. The summed E-state index contributed by atoms with van der Waals surface area (Å²) in [6.45, 7) is 4.77. The number of nitrogens with zero attached hydrogens (tertiary/aromatic N) is 1. The Bertz CT molecular complexity index is 470. The van der Waals surface area contributed by atoms with Crippen LogP contribution in [0.25, 0.3) is 0 Å². The van der Waals surface area contributed by atoms with Crippen LogP contribution in [0, 0.1) is 11.6 Å². The number of carbonyl (C=O) groups is 1. The first-order valence-electron chi connectivity index (χ1n) is 7.30. The van der Waals surface area contributed by atoms with E-state index in [-0.39, 0.29) is 18.1 Å². The Labute approximate surface area is 123 Å². The van der Waals surface area contributed by atoms with Crippen molar-refractivity contribution in [3.63, 3.8) is 0 Å². The van der Waals surface area contributed by atoms with Gasteiger partial charge in [-0.25, -0.2) is 8.78 Å². The van der Waals surface area contributed by atoms with Crippen LogP contribution in [0.2, 0.25) is 0 Å². The average Bonchev–Trinajstić information content (AvgIpc) is 2.97. The van der Waals surface area contributed by atoms with Crippen molar-refractivity contribution >= 4 is 11.6 Å². The SMILES string of the molecule is CCCN(CC(=O)Nc1c(F)cccc1F)C1CCNC1. The molecule has 1 aromatic rings. The minimum absolute atomic E-state index is 0.147. The van der Waals surface area contributed by atoms with Crippen LogP contribution in [-0.2, 0) is 4.79 Å². The Hall–Kier alpha value is -1.53. The Morgan fingerprint density at radius 2 is 2.14 bits per heavy atom. The van der Waals surface area contributed by atoms with Crippen LogP contribution in [0.4, 0.5) is 14.5 Å². The van der Waals surface area contributed by atoms with Crippen LogP contribution in [0.5, 0.6) is 0 Å². The van der Waals surface area contributed by atoms with Crippen LogP contribution >= 0.6 is 0 Å². The van der Waals surface area contributed by atoms with Gasteiger partial charge in [0.15, 0.2) is 0 Å². The molecule has 0 saturated carbocycles. The molecule has 1 aliphatic rings.